The summed E-state index contributed by atoms with van der Waals surface area (Å²) in [5.41, 5.74) is -0.596. The molecule has 0 radical (unpaired) electrons. The average molecular weight is 449 g/mol. The monoisotopic (exact) mass is 448 g/mol. The maximum absolute atomic E-state index is 12.6. The van der Waals surface area contributed by atoms with Crippen LogP contribution in [-0.2, 0) is 24.3 Å². The Bertz CT molecular complexity index is 866. The molecule has 1 saturated carbocycles. The highest BCUT2D eigenvalue weighted by Gasteiger charge is 2.69. The second-order valence-electron chi connectivity index (χ2n) is 7.33. The Hall–Kier alpha value is -1.35. The van der Waals surface area contributed by atoms with Gasteiger partial charge in [-0.05, 0) is 44.0 Å². The quantitative estimate of drug-likeness (QED) is 0.533. The van der Waals surface area contributed by atoms with Gasteiger partial charge in [0.2, 0.25) is 10.0 Å². The number of hydrogen-bond donors (Lipinski definition) is 1. The van der Waals surface area contributed by atoms with Crippen LogP contribution in [0, 0.1) is 5.41 Å². The first-order valence-electron chi connectivity index (χ1n) is 9.01. The average Bonchev–Trinajstić information content (AvgIpc) is 3.20. The van der Waals surface area contributed by atoms with Crippen LogP contribution in [0.2, 0.25) is 0 Å². The summed E-state index contributed by atoms with van der Waals surface area (Å²) in [7, 11) is -3.52. The van der Waals surface area contributed by atoms with E-state index in [4.69, 9.17) is 27.9 Å². The number of carbonyl (C=O) groups is 2. The molecule has 154 valence electrons. The van der Waals surface area contributed by atoms with Crippen molar-refractivity contribution in [3.05, 3.63) is 24.3 Å². The number of hydrogen-bond acceptors (Lipinski definition) is 5. The number of piperidine rings is 1. The largest absolute Gasteiger partial charge is 0.455 e. The summed E-state index contributed by atoms with van der Waals surface area (Å²) in [5.74, 6) is -1.17. The maximum Gasteiger partial charge on any atom is 0.315 e. The third kappa shape index (κ3) is 4.30. The van der Waals surface area contributed by atoms with Crippen molar-refractivity contribution in [2.24, 2.45) is 5.41 Å². The van der Waals surface area contributed by atoms with E-state index in [-0.39, 0.29) is 11.3 Å². The third-order valence-electron chi connectivity index (χ3n) is 5.13. The molecule has 7 nitrogen and oxygen atoms in total. The molecular formula is C18H22Cl2N2O5S. The molecule has 28 heavy (non-hydrogen) atoms. The first-order chi connectivity index (χ1) is 13.1. The Balaban J connectivity index is 1.54. The molecule has 1 aromatic rings. The molecule has 0 spiro atoms. The Morgan fingerprint density at radius 3 is 2.25 bits per heavy atom. The molecular weight excluding hydrogens is 427 g/mol. The number of ether oxygens (including phenoxy) is 1. The summed E-state index contributed by atoms with van der Waals surface area (Å²) in [5, 5.41) is 2.56. The van der Waals surface area contributed by atoms with Crippen LogP contribution in [0.25, 0.3) is 0 Å². The van der Waals surface area contributed by atoms with Gasteiger partial charge in [-0.25, -0.2) is 8.42 Å². The molecule has 2 aliphatic rings. The second-order valence-corrected chi connectivity index (χ2v) is 10.7. The van der Waals surface area contributed by atoms with E-state index in [2.05, 4.69) is 5.32 Å². The highest BCUT2D eigenvalue weighted by Crippen LogP contribution is 2.64. The molecule has 1 aliphatic heterocycles. The lowest BCUT2D eigenvalue weighted by Gasteiger charge is -2.25. The lowest BCUT2D eigenvalue weighted by Crippen LogP contribution is -2.35. The van der Waals surface area contributed by atoms with Crippen molar-refractivity contribution in [2.45, 2.75) is 41.8 Å². The molecule has 3 rings (SSSR count). The molecule has 1 heterocycles. The molecule has 1 aliphatic carbocycles. The zero-order chi connectivity index (χ0) is 20.6. The predicted octanol–water partition coefficient (Wildman–Crippen LogP) is 2.93. The number of benzene rings is 1. The van der Waals surface area contributed by atoms with E-state index in [0.29, 0.717) is 18.8 Å². The fourth-order valence-corrected chi connectivity index (χ4v) is 5.28. The first-order valence-corrected chi connectivity index (χ1v) is 11.2. The molecule has 0 aromatic heterocycles. The zero-order valence-corrected chi connectivity index (χ0v) is 17.7. The fraction of sp³-hybridized carbons (Fsp3) is 0.556. The van der Waals surface area contributed by atoms with Gasteiger partial charge < -0.3 is 10.1 Å². The smallest absolute Gasteiger partial charge is 0.315 e. The first kappa shape index (κ1) is 21.4. The lowest BCUT2D eigenvalue weighted by atomic mass is 10.1. The number of rotatable bonds is 6. The summed E-state index contributed by atoms with van der Waals surface area (Å²) in [6.07, 6.45) is 3.04. The van der Waals surface area contributed by atoms with Crippen LogP contribution in [-0.4, -0.2) is 48.6 Å². The summed E-state index contributed by atoms with van der Waals surface area (Å²) in [6, 6.07) is 5.90. The minimum atomic E-state index is -3.52. The number of anilines is 1. The Morgan fingerprint density at radius 1 is 1.14 bits per heavy atom. The normalized spacial score (nSPS) is 24.4. The minimum Gasteiger partial charge on any atom is -0.455 e. The summed E-state index contributed by atoms with van der Waals surface area (Å²) in [4.78, 5) is 24.1. The second kappa shape index (κ2) is 7.82. The van der Waals surface area contributed by atoms with Crippen molar-refractivity contribution in [1.82, 2.24) is 4.31 Å². The number of sulfonamides is 1. The van der Waals surface area contributed by atoms with Gasteiger partial charge in [-0.15, -0.1) is 23.2 Å². The van der Waals surface area contributed by atoms with Gasteiger partial charge in [-0.1, -0.05) is 6.42 Å². The highest BCUT2D eigenvalue weighted by atomic mass is 35.5. The van der Waals surface area contributed by atoms with Crippen LogP contribution in [0.4, 0.5) is 5.69 Å². The lowest BCUT2D eigenvalue weighted by molar-refractivity contribution is -0.152. The standard InChI is InChI=1S/C18H22Cl2N2O5S/c1-17(12-18(17,19)20)16(24)27-11-15(23)21-13-5-7-14(8-6-13)28(25,26)22-9-3-2-4-10-22/h5-8H,2-4,9-12H2,1H3,(H,21,23)/t17-/m1/s1. The van der Waals surface area contributed by atoms with Gasteiger partial charge in [-0.2, -0.15) is 4.31 Å². The Labute approximate surface area is 174 Å². The maximum atomic E-state index is 12.6. The van der Waals surface area contributed by atoms with Crippen molar-refractivity contribution < 1.29 is 22.7 Å². The van der Waals surface area contributed by atoms with Crippen LogP contribution in [0.5, 0.6) is 0 Å². The number of amides is 1. The highest BCUT2D eigenvalue weighted by molar-refractivity contribution is 7.89. The van der Waals surface area contributed by atoms with Gasteiger partial charge in [0.05, 0.1) is 4.90 Å². The van der Waals surface area contributed by atoms with Gasteiger partial charge in [0.1, 0.15) is 9.75 Å². The van der Waals surface area contributed by atoms with E-state index in [1.54, 1.807) is 6.92 Å². The molecule has 1 N–H and O–H groups in total. The predicted molar refractivity (Wildman–Crippen MR) is 106 cm³/mol. The van der Waals surface area contributed by atoms with Gasteiger partial charge >= 0.3 is 5.97 Å². The zero-order valence-electron chi connectivity index (χ0n) is 15.4. The van der Waals surface area contributed by atoms with Crippen molar-refractivity contribution in [3.8, 4) is 0 Å². The van der Waals surface area contributed by atoms with Gasteiger partial charge in [0.25, 0.3) is 5.91 Å². The van der Waals surface area contributed by atoms with Gasteiger partial charge in [0, 0.05) is 25.2 Å². The summed E-state index contributed by atoms with van der Waals surface area (Å²) >= 11 is 11.8. The number of esters is 1. The minimum absolute atomic E-state index is 0.182. The number of halogens is 2. The van der Waals surface area contributed by atoms with E-state index in [1.165, 1.54) is 28.6 Å². The Morgan fingerprint density at radius 2 is 1.71 bits per heavy atom. The fourth-order valence-electron chi connectivity index (χ4n) is 3.07. The van der Waals surface area contributed by atoms with Crippen LogP contribution in [0.3, 0.4) is 0 Å². The van der Waals surface area contributed by atoms with Crippen molar-refractivity contribution in [3.63, 3.8) is 0 Å². The molecule has 1 aromatic carbocycles. The summed E-state index contributed by atoms with van der Waals surface area (Å²) < 4.78 is 30.5. The van der Waals surface area contributed by atoms with E-state index >= 15 is 0 Å². The molecule has 1 atom stereocenters. The van der Waals surface area contributed by atoms with Crippen LogP contribution >= 0.6 is 23.2 Å². The Kier molecular flexibility index (Phi) is 5.96. The topological polar surface area (TPSA) is 92.8 Å². The van der Waals surface area contributed by atoms with Crippen LogP contribution in [0.15, 0.2) is 29.2 Å². The van der Waals surface area contributed by atoms with Crippen molar-refractivity contribution >= 4 is 50.8 Å². The number of alkyl halides is 2. The number of nitrogens with zero attached hydrogens (tertiary/aromatic N) is 1. The molecule has 0 bridgehead atoms. The van der Waals surface area contributed by atoms with Crippen LogP contribution < -0.4 is 5.32 Å². The van der Waals surface area contributed by atoms with E-state index < -0.39 is 38.3 Å². The van der Waals surface area contributed by atoms with Crippen molar-refractivity contribution in [1.29, 1.82) is 0 Å². The SMILES string of the molecule is C[C@]1(C(=O)OCC(=O)Nc2ccc(S(=O)(=O)N3CCCCC3)cc2)CC1(Cl)Cl. The van der Waals surface area contributed by atoms with Crippen molar-refractivity contribution in [2.75, 3.05) is 25.0 Å². The van der Waals surface area contributed by atoms with E-state index in [1.807, 2.05) is 0 Å². The van der Waals surface area contributed by atoms with E-state index in [9.17, 15) is 18.0 Å². The van der Waals surface area contributed by atoms with Crippen LogP contribution in [0.1, 0.15) is 32.6 Å². The molecule has 0 unspecified atom stereocenters. The molecule has 1 amide bonds. The number of nitrogens with one attached hydrogen (secondary N) is 1. The summed E-state index contributed by atoms with van der Waals surface area (Å²) in [6.45, 7) is 2.15. The molecule has 2 fully saturated rings. The molecule has 10 heteroatoms. The van der Waals surface area contributed by atoms with Gasteiger partial charge in [-0.3, -0.25) is 9.59 Å². The molecule has 1 saturated heterocycles. The van der Waals surface area contributed by atoms with E-state index in [0.717, 1.165) is 19.3 Å². The third-order valence-corrected chi connectivity index (χ3v) is 8.15. The van der Waals surface area contributed by atoms with Gasteiger partial charge in [0.15, 0.2) is 6.61 Å². The number of carbonyl (C=O) groups excluding carboxylic acids is 2.